The van der Waals surface area contributed by atoms with Crippen molar-refractivity contribution in [1.29, 1.82) is 0 Å². The van der Waals surface area contributed by atoms with E-state index in [9.17, 15) is 0 Å². The molecule has 3 heterocycles. The van der Waals surface area contributed by atoms with Crippen molar-refractivity contribution in [3.63, 3.8) is 0 Å². The summed E-state index contributed by atoms with van der Waals surface area (Å²) in [7, 11) is 0. The summed E-state index contributed by atoms with van der Waals surface area (Å²) in [6.07, 6.45) is 5.82. The Kier molecular flexibility index (Phi) is 9.34. The number of aromatic amines is 1. The van der Waals surface area contributed by atoms with E-state index in [2.05, 4.69) is 68.5 Å². The molecule has 0 saturated carbocycles. The van der Waals surface area contributed by atoms with Crippen LogP contribution in [0, 0.1) is 0 Å². The molecule has 1 aliphatic rings. The third-order valence-corrected chi connectivity index (χ3v) is 5.51. The second kappa shape index (κ2) is 11.5. The number of H-pyrrole nitrogens is 1. The van der Waals surface area contributed by atoms with E-state index in [1.807, 2.05) is 6.07 Å². The zero-order valence-corrected chi connectivity index (χ0v) is 19.2. The molecule has 0 amide bonds. The number of fused-ring (bicyclic) bond motifs is 1. The number of nitrogens with zero attached hydrogens (tertiary/aromatic N) is 2. The fourth-order valence-electron chi connectivity index (χ4n) is 4.14. The number of furan rings is 1. The van der Waals surface area contributed by atoms with Crippen LogP contribution < -0.4 is 10.6 Å². The Bertz CT molecular complexity index is 1060. The highest BCUT2D eigenvalue weighted by Gasteiger charge is 2.25. The van der Waals surface area contributed by atoms with Gasteiger partial charge in [-0.3, -0.25) is 0 Å². The molecule has 0 aliphatic carbocycles. The van der Waals surface area contributed by atoms with Crippen molar-refractivity contribution in [1.82, 2.24) is 26.0 Å². The number of rotatable bonds is 5. The molecule has 1 aliphatic heterocycles. The van der Waals surface area contributed by atoms with E-state index in [1.165, 1.54) is 12.0 Å². The highest BCUT2D eigenvalue weighted by Crippen LogP contribution is 2.29. The maximum Gasteiger partial charge on any atom is 0.138 e. The van der Waals surface area contributed by atoms with Gasteiger partial charge in [-0.2, -0.15) is 15.4 Å². The molecule has 2 atom stereocenters. The van der Waals surface area contributed by atoms with Crippen LogP contribution in [0.2, 0.25) is 0 Å². The average Bonchev–Trinajstić information content (AvgIpc) is 3.44. The highest BCUT2D eigenvalue weighted by molar-refractivity contribution is 5.86. The zero-order chi connectivity index (χ0) is 18.8. The summed E-state index contributed by atoms with van der Waals surface area (Å²) < 4.78 is 5.77. The molecular weight excluding hydrogens is 457 g/mol. The Labute approximate surface area is 199 Å². The first-order chi connectivity index (χ1) is 13.9. The summed E-state index contributed by atoms with van der Waals surface area (Å²) in [6.45, 7) is 1.80. The highest BCUT2D eigenvalue weighted by atomic mass is 35.5. The van der Waals surface area contributed by atoms with Gasteiger partial charge < -0.3 is 15.1 Å². The quantitative estimate of drug-likeness (QED) is 0.370. The lowest BCUT2D eigenvalue weighted by atomic mass is 9.92. The van der Waals surface area contributed by atoms with Crippen LogP contribution >= 0.6 is 37.2 Å². The van der Waals surface area contributed by atoms with Crippen LogP contribution in [0.5, 0.6) is 0 Å². The molecule has 0 spiro atoms. The van der Waals surface area contributed by atoms with Gasteiger partial charge >= 0.3 is 0 Å². The molecule has 3 N–H and O–H groups in total. The molecule has 0 bridgehead atoms. The minimum atomic E-state index is 0. The van der Waals surface area contributed by atoms with Crippen LogP contribution in [0.25, 0.3) is 22.2 Å². The molecule has 2 aromatic carbocycles. The molecule has 1 saturated heterocycles. The third kappa shape index (κ3) is 5.40. The molecule has 9 heteroatoms. The summed E-state index contributed by atoms with van der Waals surface area (Å²) in [5.41, 5.74) is 5.28. The Balaban J connectivity index is 0.00000114. The second-order valence-corrected chi connectivity index (χ2v) is 7.30. The minimum Gasteiger partial charge on any atom is -0.464 e. The molecule has 6 nitrogen and oxygen atoms in total. The van der Waals surface area contributed by atoms with E-state index in [0.29, 0.717) is 12.1 Å². The molecule has 4 aromatic rings. The van der Waals surface area contributed by atoms with Crippen LogP contribution in [0.15, 0.2) is 65.4 Å². The number of hydrogen-bond acceptors (Lipinski definition) is 5. The summed E-state index contributed by atoms with van der Waals surface area (Å²) in [5.74, 6) is 0. The number of piperidine rings is 1. The fourth-order valence-corrected chi connectivity index (χ4v) is 4.14. The van der Waals surface area contributed by atoms with Gasteiger partial charge in [0.2, 0.25) is 0 Å². The number of benzene rings is 2. The predicted molar refractivity (Wildman–Crippen MR) is 130 cm³/mol. The third-order valence-electron chi connectivity index (χ3n) is 5.51. The van der Waals surface area contributed by atoms with Gasteiger partial charge in [0, 0.05) is 35.1 Å². The van der Waals surface area contributed by atoms with Crippen molar-refractivity contribution in [2.75, 3.05) is 6.54 Å². The van der Waals surface area contributed by atoms with Gasteiger partial charge in [0.05, 0.1) is 12.5 Å². The van der Waals surface area contributed by atoms with E-state index in [1.54, 1.807) is 12.5 Å². The van der Waals surface area contributed by atoms with Crippen LogP contribution in [0.3, 0.4) is 0 Å². The normalized spacial score (nSPS) is 17.9. The Morgan fingerprint density at radius 1 is 1.06 bits per heavy atom. The van der Waals surface area contributed by atoms with Crippen molar-refractivity contribution in [3.05, 3.63) is 72.1 Å². The topological polar surface area (TPSA) is 78.8 Å². The summed E-state index contributed by atoms with van der Waals surface area (Å²) in [4.78, 5) is 0. The van der Waals surface area contributed by atoms with Gasteiger partial charge in [0.25, 0.3) is 0 Å². The fraction of sp³-hybridized carbons (Fsp3) is 0.273. The van der Waals surface area contributed by atoms with E-state index in [-0.39, 0.29) is 37.2 Å². The summed E-state index contributed by atoms with van der Waals surface area (Å²) in [6, 6.07) is 17.6. The summed E-state index contributed by atoms with van der Waals surface area (Å²) in [5, 5.41) is 19.4. The lowest BCUT2D eigenvalue weighted by Gasteiger charge is -2.34. The average molecular weight is 483 g/mol. The minimum absolute atomic E-state index is 0. The number of halogens is 3. The van der Waals surface area contributed by atoms with Crippen LogP contribution in [-0.2, 0) is 6.54 Å². The van der Waals surface area contributed by atoms with E-state index in [0.717, 1.165) is 47.3 Å². The van der Waals surface area contributed by atoms with Crippen LogP contribution in [0.4, 0.5) is 0 Å². The first-order valence-corrected chi connectivity index (χ1v) is 9.76. The van der Waals surface area contributed by atoms with Crippen molar-refractivity contribution in [2.45, 2.75) is 31.5 Å². The van der Waals surface area contributed by atoms with Crippen molar-refractivity contribution in [2.24, 2.45) is 0 Å². The van der Waals surface area contributed by atoms with Gasteiger partial charge in [-0.1, -0.05) is 30.3 Å². The summed E-state index contributed by atoms with van der Waals surface area (Å²) >= 11 is 0. The van der Waals surface area contributed by atoms with Crippen LogP contribution in [0.1, 0.15) is 30.0 Å². The number of aromatic nitrogens is 3. The van der Waals surface area contributed by atoms with Gasteiger partial charge in [0.15, 0.2) is 0 Å². The van der Waals surface area contributed by atoms with Gasteiger partial charge in [-0.15, -0.1) is 37.2 Å². The van der Waals surface area contributed by atoms with Gasteiger partial charge in [-0.25, -0.2) is 0 Å². The molecule has 31 heavy (non-hydrogen) atoms. The van der Waals surface area contributed by atoms with Gasteiger partial charge in [-0.05, 0) is 43.1 Å². The molecule has 5 rings (SSSR count). The molecule has 0 unspecified atom stereocenters. The second-order valence-electron chi connectivity index (χ2n) is 7.30. The smallest absolute Gasteiger partial charge is 0.138 e. The predicted octanol–water partition coefficient (Wildman–Crippen LogP) is 5.07. The Morgan fingerprint density at radius 3 is 2.68 bits per heavy atom. The number of hydrogen-bond donors (Lipinski definition) is 3. The molecule has 2 aromatic heterocycles. The van der Waals surface area contributed by atoms with E-state index >= 15 is 0 Å². The standard InChI is InChI=1S/C22H23N5O.3ClH/c1-2-5-15(6-3-1)21-19(7-4-9-23-21)24-13-18-12-17(20-14-25-27-26-20)11-16-8-10-28-22(16)18;;;/h1-3,5-6,8,10-12,14,19,21,23-24H,4,7,9,13H2,(H,25,26,27);3*1H/t19-,21-;;;/m0.../s1. The van der Waals surface area contributed by atoms with Crippen molar-refractivity contribution >= 4 is 48.2 Å². The first kappa shape index (κ1) is 25.2. The van der Waals surface area contributed by atoms with E-state index < -0.39 is 0 Å². The molecule has 1 fully saturated rings. The maximum absolute atomic E-state index is 5.77. The Hall–Kier alpha value is -2.09. The van der Waals surface area contributed by atoms with Crippen molar-refractivity contribution < 1.29 is 4.42 Å². The van der Waals surface area contributed by atoms with Crippen molar-refractivity contribution in [3.8, 4) is 11.3 Å². The molecule has 0 radical (unpaired) electrons. The maximum atomic E-state index is 5.77. The van der Waals surface area contributed by atoms with E-state index in [4.69, 9.17) is 4.42 Å². The van der Waals surface area contributed by atoms with Crippen LogP contribution in [-0.4, -0.2) is 28.0 Å². The number of nitrogens with one attached hydrogen (secondary N) is 3. The lowest BCUT2D eigenvalue weighted by Crippen LogP contribution is -2.45. The molecular formula is C22H26Cl3N5O. The zero-order valence-electron chi connectivity index (χ0n) is 16.8. The Morgan fingerprint density at radius 2 is 1.90 bits per heavy atom. The first-order valence-electron chi connectivity index (χ1n) is 9.76. The molecule has 166 valence electrons. The largest absolute Gasteiger partial charge is 0.464 e. The SMILES string of the molecule is Cl.Cl.Cl.c1ccc([C@@H]2NCCC[C@@H]2NCc2cc(-c3cn[nH]n3)cc3ccoc23)cc1. The lowest BCUT2D eigenvalue weighted by molar-refractivity contribution is 0.304. The monoisotopic (exact) mass is 481 g/mol. The van der Waals surface area contributed by atoms with Gasteiger partial charge in [0.1, 0.15) is 11.3 Å².